The molecule has 7 heteroatoms. The minimum absolute atomic E-state index is 0.135. The average Bonchev–Trinajstić information content (AvgIpc) is 2.93. The third-order valence-corrected chi connectivity index (χ3v) is 8.36. The van der Waals surface area contributed by atoms with Crippen LogP contribution in [0.2, 0.25) is 0 Å². The number of rotatable bonds is 13. The molecule has 0 aliphatic heterocycles. The van der Waals surface area contributed by atoms with E-state index < -0.39 is 27.3 Å². The first kappa shape index (κ1) is 29.9. The molecular weight excluding hydrogens is 510 g/mol. The largest absolute Gasteiger partial charge is 0.872 e. The van der Waals surface area contributed by atoms with Crippen molar-refractivity contribution in [3.05, 3.63) is 94.5 Å². The maximum Gasteiger partial charge on any atom is 0.335 e. The van der Waals surface area contributed by atoms with Crippen LogP contribution in [0.3, 0.4) is 0 Å². The van der Waals surface area contributed by atoms with Crippen LogP contribution >= 0.6 is 0 Å². The van der Waals surface area contributed by atoms with Gasteiger partial charge in [0.15, 0.2) is 0 Å². The van der Waals surface area contributed by atoms with Crippen LogP contribution in [0, 0.1) is 11.8 Å². The lowest BCUT2D eigenvalue weighted by atomic mass is 10.1. The Balaban J connectivity index is 1.76. The molecule has 0 saturated heterocycles. The van der Waals surface area contributed by atoms with Crippen molar-refractivity contribution in [2.24, 2.45) is 0 Å². The van der Waals surface area contributed by atoms with Crippen LogP contribution in [0.4, 0.5) is 0 Å². The number of carbonyl (C=O) groups is 1. The van der Waals surface area contributed by atoms with E-state index >= 15 is 0 Å². The molecule has 1 N–H and O–H groups in total. The first-order valence-corrected chi connectivity index (χ1v) is 14.9. The van der Waals surface area contributed by atoms with Crippen molar-refractivity contribution in [2.75, 3.05) is 6.54 Å². The molecule has 0 unspecified atom stereocenters. The summed E-state index contributed by atoms with van der Waals surface area (Å²) in [5.41, 5.74) is 3.42. The quantitative estimate of drug-likeness (QED) is 0.210. The van der Waals surface area contributed by atoms with Gasteiger partial charge in [-0.1, -0.05) is 81.4 Å². The molecule has 3 aromatic rings. The van der Waals surface area contributed by atoms with E-state index in [9.17, 15) is 18.3 Å². The number of carboxylic acid groups (broad SMARTS) is 1. The fourth-order valence-electron chi connectivity index (χ4n) is 4.17. The van der Waals surface area contributed by atoms with Crippen LogP contribution in [-0.4, -0.2) is 30.3 Å². The topological polar surface area (TPSA) is 97.7 Å². The van der Waals surface area contributed by atoms with Crippen LogP contribution in [-0.2, 0) is 23.0 Å². The van der Waals surface area contributed by atoms with Gasteiger partial charge in [0.2, 0.25) is 10.0 Å². The van der Waals surface area contributed by atoms with Crippen LogP contribution in [0.1, 0.15) is 85.0 Å². The fraction of sp³-hybridized carbons (Fsp3) is 0.344. The van der Waals surface area contributed by atoms with E-state index in [0.717, 1.165) is 54.5 Å². The van der Waals surface area contributed by atoms with Gasteiger partial charge in [0.05, 0.1) is 10.5 Å². The second kappa shape index (κ2) is 14.5. The highest BCUT2D eigenvalue weighted by atomic mass is 32.2. The Morgan fingerprint density at radius 2 is 1.41 bits per heavy atom. The number of aryl methyl sites for hydroxylation is 1. The van der Waals surface area contributed by atoms with E-state index in [1.54, 1.807) is 0 Å². The molecule has 0 fully saturated rings. The molecule has 3 aromatic carbocycles. The number of aromatic carboxylic acids is 1. The summed E-state index contributed by atoms with van der Waals surface area (Å²) in [4.78, 5) is 11.0. The summed E-state index contributed by atoms with van der Waals surface area (Å²) in [6.07, 6.45) is 7.01. The Kier molecular flexibility index (Phi) is 11.2. The highest BCUT2D eigenvalue weighted by molar-refractivity contribution is 7.89. The first-order valence-electron chi connectivity index (χ1n) is 13.5. The first-order chi connectivity index (χ1) is 18.7. The molecular formula is C32H36NO5S-. The van der Waals surface area contributed by atoms with E-state index in [4.69, 9.17) is 5.11 Å². The highest BCUT2D eigenvalue weighted by Crippen LogP contribution is 2.24. The minimum atomic E-state index is -4.00. The number of hydrogen-bond acceptors (Lipinski definition) is 4. The van der Waals surface area contributed by atoms with Crippen molar-refractivity contribution in [1.29, 1.82) is 0 Å². The Labute approximate surface area is 232 Å². The smallest absolute Gasteiger partial charge is 0.335 e. The molecule has 0 atom stereocenters. The van der Waals surface area contributed by atoms with Crippen molar-refractivity contribution >= 4 is 16.0 Å². The summed E-state index contributed by atoms with van der Waals surface area (Å²) >= 11 is 0. The van der Waals surface area contributed by atoms with E-state index in [1.807, 2.05) is 36.4 Å². The van der Waals surface area contributed by atoms with Gasteiger partial charge in [-0.25, -0.2) is 13.2 Å². The number of hydrogen-bond donors (Lipinski definition) is 1. The Morgan fingerprint density at radius 1 is 0.821 bits per heavy atom. The Hall–Kier alpha value is -3.60. The van der Waals surface area contributed by atoms with Gasteiger partial charge in [0, 0.05) is 24.2 Å². The molecule has 39 heavy (non-hydrogen) atoms. The van der Waals surface area contributed by atoms with Crippen molar-refractivity contribution in [3.8, 4) is 17.6 Å². The molecule has 6 nitrogen and oxygen atoms in total. The lowest BCUT2D eigenvalue weighted by Gasteiger charge is -2.23. The number of benzene rings is 3. The molecule has 0 aliphatic rings. The van der Waals surface area contributed by atoms with Crippen molar-refractivity contribution in [3.63, 3.8) is 0 Å². The van der Waals surface area contributed by atoms with E-state index in [0.29, 0.717) is 13.0 Å². The summed E-state index contributed by atoms with van der Waals surface area (Å²) in [7, 11) is -4.00. The molecule has 206 valence electrons. The zero-order valence-corrected chi connectivity index (χ0v) is 23.5. The predicted octanol–water partition coefficient (Wildman–Crippen LogP) is 5.97. The SMILES string of the molecule is CCCCCCN(Cc1ccc(C#Cc2ccc(CCCC)cc2)cc1)S(=O)(=O)c1ccc(C(=O)O)c([O-])c1. The summed E-state index contributed by atoms with van der Waals surface area (Å²) < 4.78 is 28.3. The molecule has 0 spiro atoms. The van der Waals surface area contributed by atoms with Crippen LogP contribution in [0.15, 0.2) is 71.6 Å². The molecule has 0 bridgehead atoms. The average molecular weight is 547 g/mol. The number of nitrogens with zero attached hydrogens (tertiary/aromatic N) is 1. The zero-order valence-electron chi connectivity index (χ0n) is 22.7. The number of unbranched alkanes of at least 4 members (excludes halogenated alkanes) is 4. The van der Waals surface area contributed by atoms with Gasteiger partial charge in [-0.15, -0.1) is 0 Å². The van der Waals surface area contributed by atoms with E-state index in [2.05, 4.69) is 37.8 Å². The van der Waals surface area contributed by atoms with Gasteiger partial charge in [0.25, 0.3) is 0 Å². The fourth-order valence-corrected chi connectivity index (χ4v) is 5.65. The lowest BCUT2D eigenvalue weighted by Crippen LogP contribution is -2.32. The molecule has 0 saturated carbocycles. The maximum atomic E-state index is 13.5. The van der Waals surface area contributed by atoms with E-state index in [-0.39, 0.29) is 11.4 Å². The molecule has 0 radical (unpaired) electrons. The second-order valence-corrected chi connectivity index (χ2v) is 11.5. The minimum Gasteiger partial charge on any atom is -0.872 e. The predicted molar refractivity (Wildman–Crippen MR) is 152 cm³/mol. The van der Waals surface area contributed by atoms with Crippen molar-refractivity contribution < 1.29 is 23.4 Å². The third-order valence-electron chi connectivity index (χ3n) is 6.52. The Bertz CT molecular complexity index is 1400. The van der Waals surface area contributed by atoms with Crippen molar-refractivity contribution in [2.45, 2.75) is 70.2 Å². The summed E-state index contributed by atoms with van der Waals surface area (Å²) in [5.74, 6) is 4.14. The second-order valence-electron chi connectivity index (χ2n) is 9.61. The molecule has 0 amide bonds. The van der Waals surface area contributed by atoms with Crippen molar-refractivity contribution in [1.82, 2.24) is 4.31 Å². The summed E-state index contributed by atoms with van der Waals surface area (Å²) in [6, 6.07) is 18.9. The molecule has 0 aliphatic carbocycles. The van der Waals surface area contributed by atoms with Gasteiger partial charge in [-0.2, -0.15) is 4.31 Å². The van der Waals surface area contributed by atoms with Gasteiger partial charge in [-0.3, -0.25) is 0 Å². The standard InChI is InChI=1S/C32H37NO5S/c1-3-5-7-8-22-33(39(37,38)29-20-21-30(32(35)36)31(34)23-29)24-28-18-16-27(17-19-28)15-14-26-12-10-25(11-13-26)9-6-4-2/h10-13,16-21,23,34H,3-9,22,24H2,1-2H3,(H,35,36)/p-1. The van der Waals surface area contributed by atoms with Crippen LogP contribution < -0.4 is 5.11 Å². The molecule has 0 aromatic heterocycles. The lowest BCUT2D eigenvalue weighted by molar-refractivity contribution is -0.269. The highest BCUT2D eigenvalue weighted by Gasteiger charge is 2.25. The normalized spacial score (nSPS) is 11.3. The molecule has 0 heterocycles. The number of sulfonamides is 1. The number of carboxylic acids is 1. The monoisotopic (exact) mass is 546 g/mol. The van der Waals surface area contributed by atoms with E-state index in [1.165, 1.54) is 28.8 Å². The zero-order chi connectivity index (χ0) is 28.3. The Morgan fingerprint density at radius 3 is 1.95 bits per heavy atom. The maximum absolute atomic E-state index is 13.5. The van der Waals surface area contributed by atoms with Crippen LogP contribution in [0.25, 0.3) is 0 Å². The van der Waals surface area contributed by atoms with Gasteiger partial charge < -0.3 is 10.2 Å². The molecule has 3 rings (SSSR count). The van der Waals surface area contributed by atoms with Gasteiger partial charge in [-0.05, 0) is 72.9 Å². The summed E-state index contributed by atoms with van der Waals surface area (Å²) in [6.45, 7) is 4.70. The summed E-state index contributed by atoms with van der Waals surface area (Å²) in [5, 5.41) is 21.3. The third kappa shape index (κ3) is 8.71. The van der Waals surface area contributed by atoms with Gasteiger partial charge in [0.1, 0.15) is 0 Å². The van der Waals surface area contributed by atoms with Gasteiger partial charge >= 0.3 is 5.97 Å². The van der Waals surface area contributed by atoms with Crippen LogP contribution in [0.5, 0.6) is 5.75 Å².